The van der Waals surface area contributed by atoms with Gasteiger partial charge in [0.2, 0.25) is 0 Å². The van der Waals surface area contributed by atoms with Crippen molar-refractivity contribution < 1.29 is 37.7 Å². The van der Waals surface area contributed by atoms with Crippen LogP contribution in [0.5, 0.6) is 5.75 Å². The first-order chi connectivity index (χ1) is 19.3. The molecule has 2 aromatic carbocycles. The van der Waals surface area contributed by atoms with Crippen molar-refractivity contribution in [1.29, 1.82) is 0 Å². The molecule has 1 aliphatic rings. The molecule has 0 radical (unpaired) electrons. The molecule has 1 aliphatic heterocycles. The fraction of sp³-hybridized carbons (Fsp3) is 0.429. The van der Waals surface area contributed by atoms with Gasteiger partial charge in [0.1, 0.15) is 15.8 Å². The third-order valence-electron chi connectivity index (χ3n) is 6.38. The molecule has 0 aliphatic carbocycles. The zero-order valence-electron chi connectivity index (χ0n) is 22.7. The number of ether oxygens (including phenoxy) is 1. The molecule has 8 nitrogen and oxygen atoms in total. The van der Waals surface area contributed by atoms with Gasteiger partial charge < -0.3 is 19.8 Å². The molecule has 2 heterocycles. The summed E-state index contributed by atoms with van der Waals surface area (Å²) < 4.78 is 37.5. The van der Waals surface area contributed by atoms with Crippen LogP contribution in [0.4, 0.5) is 13.2 Å². The van der Waals surface area contributed by atoms with Gasteiger partial charge in [0.05, 0.1) is 17.0 Å². The zero-order valence-corrected chi connectivity index (χ0v) is 24.3. The lowest BCUT2D eigenvalue weighted by Crippen LogP contribution is -2.25. The van der Waals surface area contributed by atoms with E-state index in [0.717, 1.165) is 53.5 Å². The summed E-state index contributed by atoms with van der Waals surface area (Å²) in [5.74, 6) is -3.02. The minimum absolute atomic E-state index is 0.0558. The number of carboxylic acid groups (broad SMARTS) is 2. The number of rotatable bonds is 9. The quantitative estimate of drug-likeness (QED) is 0.283. The number of nitrogens with zero attached hydrogens (tertiary/aromatic N) is 3. The summed E-state index contributed by atoms with van der Waals surface area (Å²) >= 11 is 7.98. The summed E-state index contributed by atoms with van der Waals surface area (Å²) in [5, 5.41) is 27.6. The van der Waals surface area contributed by atoms with E-state index in [-0.39, 0.29) is 12.0 Å². The van der Waals surface area contributed by atoms with Gasteiger partial charge in [0.15, 0.2) is 0 Å². The van der Waals surface area contributed by atoms with E-state index in [1.165, 1.54) is 11.1 Å². The van der Waals surface area contributed by atoms with Gasteiger partial charge in [0.25, 0.3) is 0 Å². The first-order valence-electron chi connectivity index (χ1n) is 13.0. The van der Waals surface area contributed by atoms with Crippen LogP contribution in [-0.2, 0) is 22.4 Å². The average molecular weight is 614 g/mol. The van der Waals surface area contributed by atoms with E-state index < -0.39 is 18.1 Å². The highest BCUT2D eigenvalue weighted by molar-refractivity contribution is 7.17. The van der Waals surface area contributed by atoms with Crippen LogP contribution >= 0.6 is 22.9 Å². The van der Waals surface area contributed by atoms with Crippen LogP contribution in [0.25, 0.3) is 21.1 Å². The molecule has 1 aromatic heterocycles. The van der Waals surface area contributed by atoms with Crippen LogP contribution in [0, 0.1) is 5.92 Å². The van der Waals surface area contributed by atoms with Gasteiger partial charge in [-0.05, 0) is 69.0 Å². The number of aliphatic carboxylic acids is 2. The Hall–Kier alpha value is -3.22. The third-order valence-corrected chi connectivity index (χ3v) is 7.69. The Morgan fingerprint density at radius 1 is 1.17 bits per heavy atom. The van der Waals surface area contributed by atoms with Crippen molar-refractivity contribution in [2.75, 3.05) is 19.6 Å². The number of hydrogen-bond donors (Lipinski definition) is 2. The summed E-state index contributed by atoms with van der Waals surface area (Å²) in [4.78, 5) is 22.4. The van der Waals surface area contributed by atoms with E-state index in [0.29, 0.717) is 17.3 Å². The van der Waals surface area contributed by atoms with Crippen molar-refractivity contribution in [2.24, 2.45) is 5.92 Å². The van der Waals surface area contributed by atoms with Crippen molar-refractivity contribution in [2.45, 2.75) is 52.3 Å². The smallest absolute Gasteiger partial charge is 0.489 e. The van der Waals surface area contributed by atoms with Gasteiger partial charge in [-0.25, -0.2) is 4.79 Å². The highest BCUT2D eigenvalue weighted by atomic mass is 35.5. The van der Waals surface area contributed by atoms with E-state index in [1.807, 2.05) is 32.0 Å². The lowest BCUT2D eigenvalue weighted by molar-refractivity contribution is -0.192. The molecule has 0 saturated carbocycles. The summed E-state index contributed by atoms with van der Waals surface area (Å²) in [6.45, 7) is 8.46. The fourth-order valence-electron chi connectivity index (χ4n) is 4.43. The van der Waals surface area contributed by atoms with Crippen molar-refractivity contribution in [3.8, 4) is 26.9 Å². The van der Waals surface area contributed by atoms with Gasteiger partial charge in [0, 0.05) is 24.2 Å². The molecule has 13 heteroatoms. The van der Waals surface area contributed by atoms with E-state index in [2.05, 4.69) is 40.2 Å². The Kier molecular flexibility index (Phi) is 11.1. The number of benzene rings is 2. The molecule has 4 rings (SSSR count). The normalized spacial score (nSPS) is 15.5. The maximum absolute atomic E-state index is 11.3. The number of aromatic nitrogens is 2. The number of carboxylic acids is 2. The fourth-order valence-corrected chi connectivity index (χ4v) is 5.55. The molecule has 1 fully saturated rings. The first kappa shape index (κ1) is 32.3. The van der Waals surface area contributed by atoms with Crippen LogP contribution in [0.2, 0.25) is 5.02 Å². The molecule has 2 N–H and O–H groups in total. The highest BCUT2D eigenvalue weighted by Gasteiger charge is 2.38. The second kappa shape index (κ2) is 14.1. The van der Waals surface area contributed by atoms with Crippen LogP contribution < -0.4 is 4.74 Å². The summed E-state index contributed by atoms with van der Waals surface area (Å²) in [6, 6.07) is 12.1. The minimum atomic E-state index is -5.08. The van der Waals surface area contributed by atoms with Crippen LogP contribution in [0.3, 0.4) is 0 Å². The minimum Gasteiger partial charge on any atom is -0.489 e. The average Bonchev–Trinajstić information content (AvgIpc) is 3.58. The van der Waals surface area contributed by atoms with Crippen molar-refractivity contribution in [3.63, 3.8) is 0 Å². The summed E-state index contributed by atoms with van der Waals surface area (Å²) in [7, 11) is 0. The van der Waals surface area contributed by atoms with Crippen LogP contribution in [0.15, 0.2) is 36.4 Å². The Bertz CT molecular complexity index is 1370. The largest absolute Gasteiger partial charge is 0.490 e. The van der Waals surface area contributed by atoms with Crippen molar-refractivity contribution in [3.05, 3.63) is 52.5 Å². The molecule has 41 heavy (non-hydrogen) atoms. The predicted molar refractivity (Wildman–Crippen MR) is 151 cm³/mol. The van der Waals surface area contributed by atoms with Gasteiger partial charge in [-0.15, -0.1) is 10.2 Å². The molecule has 222 valence electrons. The van der Waals surface area contributed by atoms with Gasteiger partial charge >= 0.3 is 18.1 Å². The number of carbonyl (C=O) groups is 2. The summed E-state index contributed by atoms with van der Waals surface area (Å²) in [5.41, 5.74) is 4.59. The molecule has 1 atom stereocenters. The van der Waals surface area contributed by atoms with E-state index in [1.54, 1.807) is 11.3 Å². The molecule has 1 unspecified atom stereocenters. The van der Waals surface area contributed by atoms with Gasteiger partial charge in [-0.2, -0.15) is 13.2 Å². The van der Waals surface area contributed by atoms with E-state index in [4.69, 9.17) is 26.2 Å². The standard InChI is InChI=1S/C26H30ClN3O3S.C2HF3O2/c1-4-20-17(10-12-30-13-11-19(15-30)26(31)32)6-5-7-21(20)25-29-28-24(34-25)18-8-9-23(22(27)14-18)33-16(2)3;3-2(4,5)1(6)7/h5-9,14,16,19H,4,10-13,15H2,1-3H3,(H,31,32);(H,6,7). The summed E-state index contributed by atoms with van der Waals surface area (Å²) in [6.07, 6.45) is -2.51. The number of halogens is 4. The Balaban J connectivity index is 0.000000587. The molecular weight excluding hydrogens is 583 g/mol. The Morgan fingerprint density at radius 2 is 1.85 bits per heavy atom. The molecule has 0 amide bonds. The lowest BCUT2D eigenvalue weighted by atomic mass is 9.97. The predicted octanol–water partition coefficient (Wildman–Crippen LogP) is 6.46. The molecule has 1 saturated heterocycles. The van der Waals surface area contributed by atoms with Crippen LogP contribution in [0.1, 0.15) is 38.3 Å². The Labute approximate surface area is 244 Å². The monoisotopic (exact) mass is 613 g/mol. The zero-order chi connectivity index (χ0) is 30.3. The van der Waals surface area contributed by atoms with Crippen molar-refractivity contribution in [1.82, 2.24) is 15.1 Å². The number of hydrogen-bond acceptors (Lipinski definition) is 7. The molecular formula is C28H31ClF3N3O5S. The number of likely N-dealkylation sites (tertiary alicyclic amines) is 1. The lowest BCUT2D eigenvalue weighted by Gasteiger charge is -2.17. The topological polar surface area (TPSA) is 113 Å². The van der Waals surface area contributed by atoms with Gasteiger partial charge in [-0.3, -0.25) is 4.79 Å². The van der Waals surface area contributed by atoms with Gasteiger partial charge in [-0.1, -0.05) is 48.1 Å². The third kappa shape index (κ3) is 8.88. The van der Waals surface area contributed by atoms with Crippen LogP contribution in [-0.4, -0.2) is 69.2 Å². The van der Waals surface area contributed by atoms with E-state index in [9.17, 15) is 23.1 Å². The SMILES string of the molecule is CCc1c(CCN2CCC(C(=O)O)C2)cccc1-c1nnc(-c2ccc(OC(C)C)c(Cl)c2)s1.O=C(O)C(F)(F)F. The highest BCUT2D eigenvalue weighted by Crippen LogP contribution is 2.36. The van der Waals surface area contributed by atoms with Crippen molar-refractivity contribution >= 4 is 34.9 Å². The molecule has 0 spiro atoms. The molecule has 3 aromatic rings. The second-order valence-electron chi connectivity index (χ2n) is 9.70. The second-order valence-corrected chi connectivity index (χ2v) is 11.1. The maximum atomic E-state index is 11.3. The molecule has 0 bridgehead atoms. The maximum Gasteiger partial charge on any atom is 0.490 e. The first-order valence-corrected chi connectivity index (χ1v) is 14.2. The number of alkyl halides is 3. The Morgan fingerprint density at radius 3 is 2.41 bits per heavy atom. The van der Waals surface area contributed by atoms with E-state index >= 15 is 0 Å².